The molecule has 1 saturated heterocycles. The van der Waals surface area contributed by atoms with Crippen LogP contribution in [-0.2, 0) is 4.79 Å². The average Bonchev–Trinajstić information content (AvgIpc) is 1.79. The molecule has 1 atom stereocenters. The van der Waals surface area contributed by atoms with Gasteiger partial charge in [0.2, 0.25) is 5.91 Å². The Hall–Kier alpha value is -0.570. The van der Waals surface area contributed by atoms with E-state index in [-0.39, 0.29) is 12.3 Å². The number of nitrogens with one attached hydrogen (secondary N) is 1. The normalized spacial score (nSPS) is 32.3. The standard InChI is InChI=1S/C6H11NO2/c1-6(2)4(8)3-5(9)7-6/h4,8H,3H2,1-2H3,(H,7,9). The van der Waals surface area contributed by atoms with Crippen molar-refractivity contribution in [2.24, 2.45) is 0 Å². The fourth-order valence-electron chi connectivity index (χ4n) is 0.924. The van der Waals surface area contributed by atoms with Crippen molar-refractivity contribution in [3.05, 3.63) is 0 Å². The summed E-state index contributed by atoms with van der Waals surface area (Å²) < 4.78 is 0. The lowest BCUT2D eigenvalue weighted by atomic mass is 10.0. The number of carbonyl (C=O) groups excluding carboxylic acids is 1. The number of hydrogen-bond acceptors (Lipinski definition) is 2. The molecule has 1 aliphatic heterocycles. The number of aliphatic hydroxyl groups is 1. The highest BCUT2D eigenvalue weighted by Gasteiger charge is 2.37. The summed E-state index contributed by atoms with van der Waals surface area (Å²) in [7, 11) is 0. The third-order valence-electron chi connectivity index (χ3n) is 1.67. The van der Waals surface area contributed by atoms with Gasteiger partial charge in [0.15, 0.2) is 0 Å². The molecule has 1 heterocycles. The second-order valence-corrected chi connectivity index (χ2v) is 2.99. The molecule has 0 aromatic heterocycles. The van der Waals surface area contributed by atoms with Gasteiger partial charge in [-0.05, 0) is 13.8 Å². The summed E-state index contributed by atoms with van der Waals surface area (Å²) in [6, 6.07) is 0. The Kier molecular flexibility index (Phi) is 1.24. The molecule has 0 aromatic rings. The lowest BCUT2D eigenvalue weighted by molar-refractivity contribution is -0.119. The minimum absolute atomic E-state index is 0.0625. The molecule has 2 N–H and O–H groups in total. The Morgan fingerprint density at radius 1 is 1.78 bits per heavy atom. The molecule has 0 saturated carbocycles. The molecular formula is C6H11NO2. The first-order valence-electron chi connectivity index (χ1n) is 3.01. The van der Waals surface area contributed by atoms with Crippen molar-refractivity contribution in [3.63, 3.8) is 0 Å². The monoisotopic (exact) mass is 129 g/mol. The second-order valence-electron chi connectivity index (χ2n) is 2.99. The number of aliphatic hydroxyl groups excluding tert-OH is 1. The zero-order chi connectivity index (χ0) is 7.07. The maximum Gasteiger partial charge on any atom is 0.223 e. The van der Waals surface area contributed by atoms with Gasteiger partial charge in [-0.15, -0.1) is 0 Å². The van der Waals surface area contributed by atoms with E-state index >= 15 is 0 Å². The van der Waals surface area contributed by atoms with Gasteiger partial charge in [-0.1, -0.05) is 0 Å². The number of hydrogen-bond donors (Lipinski definition) is 2. The van der Waals surface area contributed by atoms with E-state index in [0.29, 0.717) is 0 Å². The summed E-state index contributed by atoms with van der Waals surface area (Å²) in [5, 5.41) is 11.8. The molecule has 1 fully saturated rings. The highest BCUT2D eigenvalue weighted by molar-refractivity contribution is 5.80. The molecule has 52 valence electrons. The van der Waals surface area contributed by atoms with Crippen LogP contribution in [0.15, 0.2) is 0 Å². The van der Waals surface area contributed by atoms with E-state index in [1.54, 1.807) is 0 Å². The Labute approximate surface area is 54.1 Å². The molecule has 1 rings (SSSR count). The van der Waals surface area contributed by atoms with Crippen LogP contribution < -0.4 is 5.32 Å². The van der Waals surface area contributed by atoms with E-state index in [0.717, 1.165) is 0 Å². The number of amides is 1. The maximum absolute atomic E-state index is 10.6. The molecule has 3 heteroatoms. The molecule has 0 bridgehead atoms. The van der Waals surface area contributed by atoms with Crippen molar-refractivity contribution < 1.29 is 9.90 Å². The Morgan fingerprint density at radius 3 is 2.44 bits per heavy atom. The molecule has 0 aliphatic carbocycles. The van der Waals surface area contributed by atoms with Crippen LogP contribution in [0, 0.1) is 0 Å². The van der Waals surface area contributed by atoms with Gasteiger partial charge in [-0.3, -0.25) is 4.79 Å². The molecular weight excluding hydrogens is 118 g/mol. The van der Waals surface area contributed by atoms with Gasteiger partial charge >= 0.3 is 0 Å². The lowest BCUT2D eigenvalue weighted by Gasteiger charge is -2.21. The lowest BCUT2D eigenvalue weighted by Crippen LogP contribution is -2.42. The molecule has 3 nitrogen and oxygen atoms in total. The quantitative estimate of drug-likeness (QED) is 0.469. The Balaban J connectivity index is 2.69. The van der Waals surface area contributed by atoms with Crippen molar-refractivity contribution in [1.82, 2.24) is 5.32 Å². The Morgan fingerprint density at radius 2 is 2.33 bits per heavy atom. The van der Waals surface area contributed by atoms with Crippen molar-refractivity contribution in [2.45, 2.75) is 31.9 Å². The molecule has 9 heavy (non-hydrogen) atoms. The van der Waals surface area contributed by atoms with Crippen LogP contribution >= 0.6 is 0 Å². The molecule has 0 aromatic carbocycles. The minimum Gasteiger partial charge on any atom is -0.390 e. The second kappa shape index (κ2) is 1.70. The van der Waals surface area contributed by atoms with Crippen molar-refractivity contribution in [1.29, 1.82) is 0 Å². The molecule has 1 amide bonds. The molecule has 1 aliphatic rings. The van der Waals surface area contributed by atoms with Crippen LogP contribution in [0.1, 0.15) is 20.3 Å². The van der Waals surface area contributed by atoms with Crippen LogP contribution in [0.3, 0.4) is 0 Å². The summed E-state index contributed by atoms with van der Waals surface area (Å²) in [6.45, 7) is 3.62. The predicted molar refractivity (Wildman–Crippen MR) is 32.8 cm³/mol. The zero-order valence-corrected chi connectivity index (χ0v) is 5.64. The predicted octanol–water partition coefficient (Wildman–Crippen LogP) is -0.354. The minimum atomic E-state index is -0.523. The van der Waals surface area contributed by atoms with Crippen LogP contribution in [0.5, 0.6) is 0 Å². The average molecular weight is 129 g/mol. The topological polar surface area (TPSA) is 49.3 Å². The first-order chi connectivity index (χ1) is 4.02. The number of rotatable bonds is 0. The van der Waals surface area contributed by atoms with Gasteiger partial charge in [0.25, 0.3) is 0 Å². The SMILES string of the molecule is CC1(C)NC(=O)CC1O. The zero-order valence-electron chi connectivity index (χ0n) is 5.64. The van der Waals surface area contributed by atoms with E-state index < -0.39 is 11.6 Å². The third-order valence-corrected chi connectivity index (χ3v) is 1.67. The fourth-order valence-corrected chi connectivity index (χ4v) is 0.924. The van der Waals surface area contributed by atoms with Crippen molar-refractivity contribution in [3.8, 4) is 0 Å². The van der Waals surface area contributed by atoms with Crippen LogP contribution in [0.4, 0.5) is 0 Å². The van der Waals surface area contributed by atoms with E-state index in [1.165, 1.54) is 0 Å². The van der Waals surface area contributed by atoms with Crippen LogP contribution in [0.25, 0.3) is 0 Å². The van der Waals surface area contributed by atoms with Crippen LogP contribution in [-0.4, -0.2) is 22.7 Å². The highest BCUT2D eigenvalue weighted by atomic mass is 16.3. The summed E-state index contributed by atoms with van der Waals surface area (Å²) in [5.74, 6) is -0.0625. The number of carbonyl (C=O) groups is 1. The van der Waals surface area contributed by atoms with Gasteiger partial charge in [-0.25, -0.2) is 0 Å². The van der Waals surface area contributed by atoms with E-state index in [1.807, 2.05) is 13.8 Å². The maximum atomic E-state index is 10.6. The first kappa shape index (κ1) is 6.55. The van der Waals surface area contributed by atoms with Gasteiger partial charge in [0, 0.05) is 0 Å². The van der Waals surface area contributed by atoms with Gasteiger partial charge in [-0.2, -0.15) is 0 Å². The summed E-state index contributed by atoms with van der Waals surface area (Å²) in [5.41, 5.74) is -0.420. The van der Waals surface area contributed by atoms with Gasteiger partial charge in [0.05, 0.1) is 18.1 Å². The largest absolute Gasteiger partial charge is 0.390 e. The molecule has 0 spiro atoms. The smallest absolute Gasteiger partial charge is 0.223 e. The molecule has 0 radical (unpaired) electrons. The first-order valence-corrected chi connectivity index (χ1v) is 3.01. The third kappa shape index (κ3) is 1.05. The van der Waals surface area contributed by atoms with Crippen LogP contribution in [0.2, 0.25) is 0 Å². The Bertz CT molecular complexity index is 142. The van der Waals surface area contributed by atoms with Gasteiger partial charge < -0.3 is 10.4 Å². The summed E-state index contributed by atoms with van der Waals surface area (Å²) in [4.78, 5) is 10.6. The molecule has 1 unspecified atom stereocenters. The van der Waals surface area contributed by atoms with Gasteiger partial charge in [0.1, 0.15) is 0 Å². The van der Waals surface area contributed by atoms with E-state index in [9.17, 15) is 4.79 Å². The fraction of sp³-hybridized carbons (Fsp3) is 0.833. The van der Waals surface area contributed by atoms with E-state index in [2.05, 4.69) is 5.32 Å². The summed E-state index contributed by atoms with van der Waals surface area (Å²) in [6.07, 6.45) is -0.280. The summed E-state index contributed by atoms with van der Waals surface area (Å²) >= 11 is 0. The highest BCUT2D eigenvalue weighted by Crippen LogP contribution is 2.18. The van der Waals surface area contributed by atoms with E-state index in [4.69, 9.17) is 5.11 Å². The van der Waals surface area contributed by atoms with Crippen molar-refractivity contribution >= 4 is 5.91 Å². The van der Waals surface area contributed by atoms with Crippen molar-refractivity contribution in [2.75, 3.05) is 0 Å².